The van der Waals surface area contributed by atoms with E-state index in [1.807, 2.05) is 23.1 Å². The van der Waals surface area contributed by atoms with Crippen LogP contribution in [0, 0.1) is 0 Å². The first-order valence-electron chi connectivity index (χ1n) is 9.57. The van der Waals surface area contributed by atoms with Crippen molar-refractivity contribution in [3.05, 3.63) is 59.5 Å². The van der Waals surface area contributed by atoms with Gasteiger partial charge in [0.05, 0.1) is 14.2 Å². The minimum absolute atomic E-state index is 0.102. The number of aryl methyl sites for hydroxylation is 1. The normalized spacial score (nSPS) is 13.1. The fraction of sp³-hybridized carbons (Fsp3) is 0.318. The Balaban J connectivity index is 1.38. The summed E-state index contributed by atoms with van der Waals surface area (Å²) in [7, 11) is 3.16. The molecule has 2 heterocycles. The van der Waals surface area contributed by atoms with Crippen LogP contribution in [0.3, 0.4) is 0 Å². The number of rotatable bonds is 6. The van der Waals surface area contributed by atoms with Gasteiger partial charge in [0, 0.05) is 31.5 Å². The van der Waals surface area contributed by atoms with Crippen LogP contribution in [0.2, 0.25) is 0 Å². The number of amides is 1. The first-order valence-corrected chi connectivity index (χ1v) is 9.57. The highest BCUT2D eigenvalue weighted by Gasteiger charge is 2.21. The molecule has 29 heavy (non-hydrogen) atoms. The van der Waals surface area contributed by atoms with Crippen molar-refractivity contribution in [2.45, 2.75) is 25.8 Å². The number of ether oxygens (including phenoxy) is 2. The third kappa shape index (κ3) is 4.08. The van der Waals surface area contributed by atoms with Crippen molar-refractivity contribution >= 4 is 5.91 Å². The Labute approximate surface area is 169 Å². The maximum Gasteiger partial charge on any atom is 0.227 e. The van der Waals surface area contributed by atoms with Gasteiger partial charge in [0.25, 0.3) is 0 Å². The van der Waals surface area contributed by atoms with Crippen LogP contribution >= 0.6 is 0 Å². The summed E-state index contributed by atoms with van der Waals surface area (Å²) in [5, 5.41) is 4.03. The molecule has 0 atom stereocenters. The number of hydrogen-bond donors (Lipinski definition) is 0. The summed E-state index contributed by atoms with van der Waals surface area (Å²) in [6.45, 7) is 1.41. The van der Waals surface area contributed by atoms with Crippen LogP contribution < -0.4 is 9.47 Å². The minimum Gasteiger partial charge on any atom is -0.493 e. The lowest BCUT2D eigenvalue weighted by atomic mass is 9.99. The van der Waals surface area contributed by atoms with Gasteiger partial charge in [0.15, 0.2) is 11.5 Å². The highest BCUT2D eigenvalue weighted by Crippen LogP contribution is 2.31. The lowest BCUT2D eigenvalue weighted by Gasteiger charge is -2.28. The molecule has 1 aliphatic heterocycles. The Bertz CT molecular complexity index is 1010. The summed E-state index contributed by atoms with van der Waals surface area (Å²) in [5.74, 6) is 2.23. The first-order chi connectivity index (χ1) is 14.2. The van der Waals surface area contributed by atoms with Gasteiger partial charge in [0.2, 0.25) is 17.6 Å². The van der Waals surface area contributed by atoms with Gasteiger partial charge in [-0.15, -0.1) is 0 Å². The molecule has 150 valence electrons. The van der Waals surface area contributed by atoms with Crippen molar-refractivity contribution in [3.63, 3.8) is 0 Å². The Morgan fingerprint density at radius 1 is 1.10 bits per heavy atom. The van der Waals surface area contributed by atoms with Crippen molar-refractivity contribution in [2.75, 3.05) is 20.8 Å². The fourth-order valence-electron chi connectivity index (χ4n) is 3.53. The number of nitrogens with zero attached hydrogens (tertiary/aromatic N) is 3. The van der Waals surface area contributed by atoms with E-state index in [4.69, 9.17) is 14.0 Å². The highest BCUT2D eigenvalue weighted by molar-refractivity contribution is 5.76. The summed E-state index contributed by atoms with van der Waals surface area (Å²) < 4.78 is 15.9. The number of carbonyl (C=O) groups excluding carboxylic acids is 1. The molecule has 7 heteroatoms. The molecule has 0 radical (unpaired) electrons. The maximum atomic E-state index is 12.6. The third-order valence-corrected chi connectivity index (χ3v) is 5.15. The van der Waals surface area contributed by atoms with Crippen LogP contribution in [0.4, 0.5) is 0 Å². The lowest BCUT2D eigenvalue weighted by molar-refractivity contribution is -0.132. The van der Waals surface area contributed by atoms with Crippen molar-refractivity contribution in [2.24, 2.45) is 0 Å². The zero-order valence-corrected chi connectivity index (χ0v) is 16.6. The zero-order chi connectivity index (χ0) is 20.2. The zero-order valence-electron chi connectivity index (χ0n) is 16.6. The number of aromatic nitrogens is 2. The van der Waals surface area contributed by atoms with Gasteiger partial charge in [-0.1, -0.05) is 29.4 Å². The van der Waals surface area contributed by atoms with E-state index in [-0.39, 0.29) is 5.91 Å². The molecule has 4 rings (SSSR count). The van der Waals surface area contributed by atoms with Gasteiger partial charge in [-0.2, -0.15) is 4.98 Å². The van der Waals surface area contributed by atoms with Crippen LogP contribution in [0.5, 0.6) is 11.5 Å². The summed E-state index contributed by atoms with van der Waals surface area (Å²) in [6.07, 6.45) is 1.65. The molecule has 0 aliphatic carbocycles. The van der Waals surface area contributed by atoms with Crippen molar-refractivity contribution in [1.82, 2.24) is 15.0 Å². The quantitative estimate of drug-likeness (QED) is 0.640. The number of fused-ring (bicyclic) bond motifs is 1. The molecule has 0 bridgehead atoms. The second kappa shape index (κ2) is 8.34. The van der Waals surface area contributed by atoms with Crippen LogP contribution in [0.15, 0.2) is 47.0 Å². The van der Waals surface area contributed by atoms with E-state index in [1.165, 1.54) is 11.1 Å². The molecule has 2 aromatic carbocycles. The van der Waals surface area contributed by atoms with Crippen molar-refractivity contribution in [3.8, 4) is 22.9 Å². The van der Waals surface area contributed by atoms with E-state index in [9.17, 15) is 4.79 Å². The predicted octanol–water partition coefficient (Wildman–Crippen LogP) is 3.27. The molecule has 7 nitrogen and oxygen atoms in total. The lowest BCUT2D eigenvalue weighted by Crippen LogP contribution is -2.36. The fourth-order valence-corrected chi connectivity index (χ4v) is 3.53. The largest absolute Gasteiger partial charge is 0.493 e. The summed E-state index contributed by atoms with van der Waals surface area (Å²) in [4.78, 5) is 18.9. The summed E-state index contributed by atoms with van der Waals surface area (Å²) >= 11 is 0. The second-order valence-electron chi connectivity index (χ2n) is 6.92. The smallest absolute Gasteiger partial charge is 0.227 e. The van der Waals surface area contributed by atoms with E-state index in [1.54, 1.807) is 26.4 Å². The first kappa shape index (κ1) is 19.0. The Kier molecular flexibility index (Phi) is 5.46. The number of carbonyl (C=O) groups is 1. The van der Waals surface area contributed by atoms with E-state index < -0.39 is 0 Å². The summed E-state index contributed by atoms with van der Waals surface area (Å²) in [6, 6.07) is 13.7. The van der Waals surface area contributed by atoms with Crippen LogP contribution in [-0.2, 0) is 24.2 Å². The molecule has 0 N–H and O–H groups in total. The Morgan fingerprint density at radius 2 is 1.90 bits per heavy atom. The Hall–Kier alpha value is -3.35. The molecule has 0 saturated carbocycles. The highest BCUT2D eigenvalue weighted by atomic mass is 16.5. The van der Waals surface area contributed by atoms with Crippen molar-refractivity contribution in [1.29, 1.82) is 0 Å². The standard InChI is InChI=1S/C22H23N3O4/c1-27-18-8-7-16(13-19(18)28-2)22-23-20(29-24-22)9-10-21(26)25-12-11-15-5-3-4-6-17(15)14-25/h3-8,13H,9-12,14H2,1-2H3. The molecular formula is C22H23N3O4. The van der Waals surface area contributed by atoms with Gasteiger partial charge in [-0.3, -0.25) is 4.79 Å². The molecule has 3 aromatic rings. The van der Waals surface area contributed by atoms with Crippen LogP contribution in [-0.4, -0.2) is 41.7 Å². The molecular weight excluding hydrogens is 370 g/mol. The Morgan fingerprint density at radius 3 is 2.69 bits per heavy atom. The average molecular weight is 393 g/mol. The monoisotopic (exact) mass is 393 g/mol. The topological polar surface area (TPSA) is 77.7 Å². The molecule has 1 aliphatic rings. The molecule has 0 spiro atoms. The van der Waals surface area contributed by atoms with E-state index in [0.717, 1.165) is 18.5 Å². The van der Waals surface area contributed by atoms with Gasteiger partial charge < -0.3 is 18.9 Å². The SMILES string of the molecule is COc1ccc(-c2noc(CCC(=O)N3CCc4ccccc4C3)n2)cc1OC. The minimum atomic E-state index is 0.102. The molecule has 1 amide bonds. The van der Waals surface area contributed by atoms with E-state index >= 15 is 0 Å². The van der Waals surface area contributed by atoms with Gasteiger partial charge in [-0.25, -0.2) is 0 Å². The predicted molar refractivity (Wildman–Crippen MR) is 107 cm³/mol. The molecule has 0 fully saturated rings. The third-order valence-electron chi connectivity index (χ3n) is 5.15. The average Bonchev–Trinajstić information content (AvgIpc) is 3.25. The summed E-state index contributed by atoms with van der Waals surface area (Å²) in [5.41, 5.74) is 3.31. The number of benzene rings is 2. The van der Waals surface area contributed by atoms with Gasteiger partial charge >= 0.3 is 0 Å². The maximum absolute atomic E-state index is 12.6. The second-order valence-corrected chi connectivity index (χ2v) is 6.92. The molecule has 0 unspecified atom stereocenters. The number of hydrogen-bond acceptors (Lipinski definition) is 6. The van der Waals surface area contributed by atoms with E-state index in [0.29, 0.717) is 42.6 Å². The van der Waals surface area contributed by atoms with Gasteiger partial charge in [0.1, 0.15) is 0 Å². The van der Waals surface area contributed by atoms with Gasteiger partial charge in [-0.05, 0) is 35.7 Å². The van der Waals surface area contributed by atoms with Crippen molar-refractivity contribution < 1.29 is 18.8 Å². The molecule has 0 saturated heterocycles. The van der Waals surface area contributed by atoms with E-state index in [2.05, 4.69) is 22.3 Å². The number of methoxy groups -OCH3 is 2. The van der Waals surface area contributed by atoms with Crippen LogP contribution in [0.25, 0.3) is 11.4 Å². The van der Waals surface area contributed by atoms with Crippen LogP contribution in [0.1, 0.15) is 23.4 Å². The molecule has 1 aromatic heterocycles.